The first-order valence-electron chi connectivity index (χ1n) is 15.8. The minimum Gasteiger partial charge on any atom is -0.461 e. The van der Waals surface area contributed by atoms with Gasteiger partial charge >= 0.3 is 6.01 Å². The van der Waals surface area contributed by atoms with Crippen LogP contribution in [0.3, 0.4) is 0 Å². The second-order valence-electron chi connectivity index (χ2n) is 12.8. The second-order valence-corrected chi connectivity index (χ2v) is 12.8. The molecule has 2 atom stereocenters. The zero-order valence-electron chi connectivity index (χ0n) is 24.5. The number of piperazine rings is 1. The van der Waals surface area contributed by atoms with Crippen LogP contribution in [-0.2, 0) is 0 Å². The Bertz CT molecular complexity index is 1850. The molecule has 4 aliphatic rings. The molecule has 2 N–H and O–H groups in total. The monoisotopic (exact) mass is 591 g/mol. The van der Waals surface area contributed by atoms with Gasteiger partial charge in [-0.3, -0.25) is 9.88 Å². The summed E-state index contributed by atoms with van der Waals surface area (Å²) in [6.45, 7) is 4.37. The van der Waals surface area contributed by atoms with Gasteiger partial charge in [0.05, 0.1) is 17.1 Å². The number of nitrogens with one attached hydrogen (secondary N) is 2. The summed E-state index contributed by atoms with van der Waals surface area (Å²) in [5.41, 5.74) is 2.73. The Balaban J connectivity index is 1.19. The van der Waals surface area contributed by atoms with E-state index in [0.717, 1.165) is 68.2 Å². The quantitative estimate of drug-likeness (QED) is 0.290. The minimum atomic E-state index is -0.474. The molecule has 44 heavy (non-hydrogen) atoms. The van der Waals surface area contributed by atoms with Crippen LogP contribution in [0.15, 0.2) is 48.8 Å². The van der Waals surface area contributed by atoms with Crippen LogP contribution in [0.5, 0.6) is 6.01 Å². The third kappa shape index (κ3) is 4.16. The number of pyridine rings is 1. The van der Waals surface area contributed by atoms with Gasteiger partial charge in [0.25, 0.3) is 0 Å². The van der Waals surface area contributed by atoms with E-state index in [1.165, 1.54) is 12.8 Å². The molecular formula is C33H34FN9O. The van der Waals surface area contributed by atoms with Crippen molar-refractivity contribution in [1.29, 1.82) is 0 Å². The molecule has 0 amide bonds. The van der Waals surface area contributed by atoms with E-state index in [9.17, 15) is 0 Å². The van der Waals surface area contributed by atoms with Gasteiger partial charge in [0.1, 0.15) is 29.3 Å². The van der Waals surface area contributed by atoms with Gasteiger partial charge in [-0.1, -0.05) is 36.4 Å². The maximum atomic E-state index is 16.9. The maximum Gasteiger partial charge on any atom is 0.319 e. The van der Waals surface area contributed by atoms with E-state index in [2.05, 4.69) is 30.5 Å². The van der Waals surface area contributed by atoms with Gasteiger partial charge in [0, 0.05) is 47.9 Å². The number of rotatable bonds is 6. The van der Waals surface area contributed by atoms with E-state index in [1.54, 1.807) is 12.4 Å². The van der Waals surface area contributed by atoms with Crippen LogP contribution < -0.4 is 15.0 Å². The number of benzene rings is 2. The molecule has 9 rings (SSSR count). The van der Waals surface area contributed by atoms with E-state index in [4.69, 9.17) is 19.7 Å². The maximum absolute atomic E-state index is 16.9. The average molecular weight is 592 g/mol. The molecule has 10 nitrogen and oxygen atoms in total. The summed E-state index contributed by atoms with van der Waals surface area (Å²) in [6.07, 6.45) is 10.3. The van der Waals surface area contributed by atoms with Gasteiger partial charge in [0.15, 0.2) is 5.82 Å². The summed E-state index contributed by atoms with van der Waals surface area (Å²) in [7, 11) is 0. The van der Waals surface area contributed by atoms with Gasteiger partial charge in [-0.25, -0.2) is 4.39 Å². The molecule has 0 unspecified atom stereocenters. The fourth-order valence-corrected chi connectivity index (χ4v) is 8.23. The van der Waals surface area contributed by atoms with Crippen molar-refractivity contribution in [2.24, 2.45) is 0 Å². The van der Waals surface area contributed by atoms with Crippen LogP contribution in [0, 0.1) is 5.82 Å². The Hall–Kier alpha value is -4.22. The fraction of sp³-hybridized carbons (Fsp3) is 0.424. The SMILES string of the molecule is Fc1c(-c2cccc3cccc(-c4cn[nH]n4)c23)ncc2c(N3C[C@H]4CC[C@@H](C3)N4)nc(OCC34CCCN3CCC4)nc12. The van der Waals surface area contributed by atoms with Gasteiger partial charge in [-0.2, -0.15) is 25.4 Å². The van der Waals surface area contributed by atoms with Crippen molar-refractivity contribution in [1.82, 2.24) is 40.6 Å². The van der Waals surface area contributed by atoms with Crippen molar-refractivity contribution >= 4 is 27.5 Å². The lowest BCUT2D eigenvalue weighted by Gasteiger charge is -2.34. The van der Waals surface area contributed by atoms with Crippen molar-refractivity contribution < 1.29 is 9.13 Å². The molecule has 0 spiro atoms. The number of aromatic nitrogens is 6. The molecule has 0 radical (unpaired) electrons. The standard InChI is InChI=1S/C33H34FN9O/c34-28-29(24-8-2-6-20-5-1-7-23(27(20)24)26-16-36-41-40-26)35-15-25-30(28)38-32(44-19-33-11-3-13-43(33)14-4-12-33)39-31(25)42-17-21-9-10-22(18-42)37-21/h1-2,5-8,15-16,21-22,37H,3-4,9-14,17-19H2,(H,36,40,41)/t21-,22+. The number of halogens is 1. The Morgan fingerprint density at radius 2 is 1.73 bits per heavy atom. The lowest BCUT2D eigenvalue weighted by atomic mass is 9.95. The van der Waals surface area contributed by atoms with Crippen LogP contribution in [0.4, 0.5) is 10.2 Å². The fourth-order valence-electron chi connectivity index (χ4n) is 8.23. The molecule has 0 aliphatic carbocycles. The number of fused-ring (bicyclic) bond motifs is 5. The topological polar surface area (TPSA) is 108 Å². The lowest BCUT2D eigenvalue weighted by molar-refractivity contribution is 0.108. The molecule has 4 aliphatic heterocycles. The highest BCUT2D eigenvalue weighted by Gasteiger charge is 2.45. The molecule has 11 heteroatoms. The molecule has 224 valence electrons. The number of anilines is 1. The summed E-state index contributed by atoms with van der Waals surface area (Å²) in [4.78, 5) is 19.3. The first-order valence-corrected chi connectivity index (χ1v) is 15.8. The first-order chi connectivity index (χ1) is 21.6. The van der Waals surface area contributed by atoms with Crippen LogP contribution in [0.1, 0.15) is 38.5 Å². The molecule has 3 aromatic heterocycles. The highest BCUT2D eigenvalue weighted by Crippen LogP contribution is 2.41. The predicted octanol–water partition coefficient (Wildman–Crippen LogP) is 4.72. The highest BCUT2D eigenvalue weighted by atomic mass is 19.1. The highest BCUT2D eigenvalue weighted by molar-refractivity contribution is 6.06. The summed E-state index contributed by atoms with van der Waals surface area (Å²) in [5.74, 6) is 0.229. The van der Waals surface area contributed by atoms with E-state index < -0.39 is 5.82 Å². The van der Waals surface area contributed by atoms with Gasteiger partial charge in [-0.15, -0.1) is 0 Å². The molecular weight excluding hydrogens is 557 g/mol. The largest absolute Gasteiger partial charge is 0.461 e. The zero-order chi connectivity index (χ0) is 29.3. The van der Waals surface area contributed by atoms with Crippen LogP contribution >= 0.6 is 0 Å². The normalized spacial score (nSPS) is 22.7. The number of nitrogens with zero attached hydrogens (tertiary/aromatic N) is 7. The molecule has 0 saturated carbocycles. The van der Waals surface area contributed by atoms with E-state index >= 15 is 4.39 Å². The molecule has 2 bridgehead atoms. The van der Waals surface area contributed by atoms with Gasteiger partial charge < -0.3 is 15.0 Å². The van der Waals surface area contributed by atoms with Gasteiger partial charge in [0.2, 0.25) is 0 Å². The molecule has 2 aromatic carbocycles. The zero-order valence-corrected chi connectivity index (χ0v) is 24.5. The summed E-state index contributed by atoms with van der Waals surface area (Å²) in [5, 5.41) is 17.1. The Labute approximate surface area is 254 Å². The molecule has 7 heterocycles. The molecule has 5 aromatic rings. The molecule has 4 fully saturated rings. The van der Waals surface area contributed by atoms with Crippen molar-refractivity contribution in [2.45, 2.75) is 56.1 Å². The first kappa shape index (κ1) is 26.2. The lowest BCUT2D eigenvalue weighted by Crippen LogP contribution is -2.51. The summed E-state index contributed by atoms with van der Waals surface area (Å²) in [6, 6.07) is 12.9. The number of H-pyrrole nitrogens is 1. The second kappa shape index (κ2) is 10.2. The minimum absolute atomic E-state index is 0.0368. The van der Waals surface area contributed by atoms with E-state index in [1.807, 2.05) is 36.4 Å². The van der Waals surface area contributed by atoms with Gasteiger partial charge in [-0.05, 0) is 57.0 Å². The van der Waals surface area contributed by atoms with Crippen molar-refractivity contribution in [3.05, 3.63) is 54.6 Å². The summed E-state index contributed by atoms with van der Waals surface area (Å²) >= 11 is 0. The number of aromatic amines is 1. The third-order valence-electron chi connectivity index (χ3n) is 10.3. The number of hydrogen-bond acceptors (Lipinski definition) is 9. The Morgan fingerprint density at radius 1 is 0.955 bits per heavy atom. The Morgan fingerprint density at radius 3 is 2.48 bits per heavy atom. The van der Waals surface area contributed by atoms with Crippen molar-refractivity contribution in [3.63, 3.8) is 0 Å². The van der Waals surface area contributed by atoms with E-state index in [-0.39, 0.29) is 22.8 Å². The van der Waals surface area contributed by atoms with Crippen LogP contribution in [0.25, 0.3) is 44.2 Å². The summed E-state index contributed by atoms with van der Waals surface area (Å²) < 4.78 is 23.4. The number of ether oxygens (including phenoxy) is 1. The van der Waals surface area contributed by atoms with Crippen molar-refractivity contribution in [3.8, 4) is 28.5 Å². The number of hydrogen-bond donors (Lipinski definition) is 2. The third-order valence-corrected chi connectivity index (χ3v) is 10.3. The smallest absolute Gasteiger partial charge is 0.319 e. The predicted molar refractivity (Wildman–Crippen MR) is 166 cm³/mol. The van der Waals surface area contributed by atoms with Crippen molar-refractivity contribution in [2.75, 3.05) is 37.7 Å². The molecule has 4 saturated heterocycles. The van der Waals surface area contributed by atoms with Crippen LogP contribution in [0.2, 0.25) is 0 Å². The Kier molecular flexibility index (Phi) is 6.06. The van der Waals surface area contributed by atoms with E-state index in [0.29, 0.717) is 41.2 Å². The van der Waals surface area contributed by atoms with Crippen LogP contribution in [-0.4, -0.2) is 85.7 Å². The average Bonchev–Trinajstić information content (AvgIpc) is 3.85.